The molecule has 0 amide bonds. The van der Waals surface area contributed by atoms with E-state index < -0.39 is 6.10 Å². The van der Waals surface area contributed by atoms with Crippen LogP contribution >= 0.6 is 0 Å². The number of hydrogen-bond acceptors (Lipinski definition) is 5. The summed E-state index contributed by atoms with van der Waals surface area (Å²) in [6.07, 6.45) is 2.80. The second kappa shape index (κ2) is 5.95. The van der Waals surface area contributed by atoms with Crippen LogP contribution in [0.2, 0.25) is 0 Å². The molecule has 0 saturated heterocycles. The molecule has 1 aromatic carbocycles. The fourth-order valence-electron chi connectivity index (χ4n) is 2.07. The van der Waals surface area contributed by atoms with E-state index in [1.807, 2.05) is 43.3 Å². The van der Waals surface area contributed by atoms with Gasteiger partial charge in [0.1, 0.15) is 6.33 Å². The van der Waals surface area contributed by atoms with Crippen LogP contribution in [0.3, 0.4) is 0 Å². The molecule has 0 radical (unpaired) electrons. The predicted octanol–water partition coefficient (Wildman–Crippen LogP) is 2.77. The molecule has 0 fully saturated rings. The summed E-state index contributed by atoms with van der Waals surface area (Å²) in [5, 5.41) is 17.2. The van der Waals surface area contributed by atoms with Gasteiger partial charge in [0, 0.05) is 11.9 Å². The van der Waals surface area contributed by atoms with Gasteiger partial charge in [-0.05, 0) is 43.2 Å². The third kappa shape index (κ3) is 2.96. The third-order valence-electron chi connectivity index (χ3n) is 3.37. The highest BCUT2D eigenvalue weighted by Gasteiger charge is 2.08. The number of nitrogens with one attached hydrogen (secondary N) is 1. The molecule has 0 aliphatic carbocycles. The van der Waals surface area contributed by atoms with Gasteiger partial charge in [0.05, 0.1) is 6.10 Å². The maximum Gasteiger partial charge on any atom is 0.247 e. The summed E-state index contributed by atoms with van der Waals surface area (Å²) in [4.78, 5) is 8.47. The van der Waals surface area contributed by atoms with Crippen LogP contribution in [0.15, 0.2) is 48.9 Å². The zero-order valence-corrected chi connectivity index (χ0v) is 12.4. The fraction of sp³-hybridized carbons (Fsp3) is 0.188. The van der Waals surface area contributed by atoms with Crippen LogP contribution in [0.5, 0.6) is 0 Å². The van der Waals surface area contributed by atoms with Crippen molar-refractivity contribution in [3.8, 4) is 5.82 Å². The summed E-state index contributed by atoms with van der Waals surface area (Å²) in [6.45, 7) is 3.73. The Balaban J connectivity index is 1.85. The van der Waals surface area contributed by atoms with Gasteiger partial charge < -0.3 is 10.4 Å². The molecule has 0 spiro atoms. The van der Waals surface area contributed by atoms with E-state index in [-0.39, 0.29) is 0 Å². The smallest absolute Gasteiger partial charge is 0.247 e. The molecule has 6 nitrogen and oxygen atoms in total. The molecule has 6 heteroatoms. The number of hydrogen-bond donors (Lipinski definition) is 2. The van der Waals surface area contributed by atoms with Gasteiger partial charge in [-0.25, -0.2) is 9.67 Å². The van der Waals surface area contributed by atoms with Crippen molar-refractivity contribution in [1.82, 2.24) is 19.7 Å². The minimum Gasteiger partial charge on any atom is -0.389 e. The summed E-state index contributed by atoms with van der Waals surface area (Å²) >= 11 is 0. The number of pyridine rings is 1. The van der Waals surface area contributed by atoms with Crippen molar-refractivity contribution < 1.29 is 5.11 Å². The first-order valence-corrected chi connectivity index (χ1v) is 7.02. The maximum absolute atomic E-state index is 9.69. The summed E-state index contributed by atoms with van der Waals surface area (Å²) in [6, 6.07) is 11.4. The Morgan fingerprint density at radius 2 is 2.05 bits per heavy atom. The van der Waals surface area contributed by atoms with Crippen molar-refractivity contribution in [3.05, 3.63) is 60.0 Å². The zero-order chi connectivity index (χ0) is 15.5. The summed E-state index contributed by atoms with van der Waals surface area (Å²) in [5.41, 5.74) is 2.77. The van der Waals surface area contributed by atoms with E-state index in [1.54, 1.807) is 24.1 Å². The molecule has 0 bridgehead atoms. The van der Waals surface area contributed by atoms with Crippen LogP contribution in [-0.2, 0) is 0 Å². The normalized spacial score (nSPS) is 12.1. The number of benzene rings is 1. The molecule has 112 valence electrons. The van der Waals surface area contributed by atoms with E-state index in [2.05, 4.69) is 20.4 Å². The molecule has 2 aromatic heterocycles. The van der Waals surface area contributed by atoms with Gasteiger partial charge in [-0.15, -0.1) is 5.10 Å². The standard InChI is InChI=1S/C16H17N5O/c1-11-6-7-13(12(2)22)9-14(11)19-16-18-10-21(20-16)15-5-3-4-8-17-15/h3-10,12,22H,1-2H3,(H,19,20). The lowest BCUT2D eigenvalue weighted by Gasteiger charge is -2.10. The Morgan fingerprint density at radius 3 is 2.77 bits per heavy atom. The molecule has 2 N–H and O–H groups in total. The topological polar surface area (TPSA) is 75.9 Å². The minimum absolute atomic E-state index is 0.483. The van der Waals surface area contributed by atoms with Gasteiger partial charge in [-0.2, -0.15) is 4.98 Å². The van der Waals surface area contributed by atoms with E-state index in [0.29, 0.717) is 11.8 Å². The Kier molecular flexibility index (Phi) is 3.84. The molecule has 1 unspecified atom stereocenters. The molecule has 0 aliphatic heterocycles. The highest BCUT2D eigenvalue weighted by Crippen LogP contribution is 2.23. The number of aryl methyl sites for hydroxylation is 1. The van der Waals surface area contributed by atoms with E-state index in [1.165, 1.54) is 0 Å². The average Bonchev–Trinajstić information content (AvgIpc) is 2.99. The molecular formula is C16H17N5O. The number of aliphatic hydroxyl groups excluding tert-OH is 1. The average molecular weight is 295 g/mol. The van der Waals surface area contributed by atoms with Crippen molar-refractivity contribution in [1.29, 1.82) is 0 Å². The molecule has 22 heavy (non-hydrogen) atoms. The van der Waals surface area contributed by atoms with Crippen molar-refractivity contribution in [2.75, 3.05) is 5.32 Å². The summed E-state index contributed by atoms with van der Waals surface area (Å²) in [5.74, 6) is 1.19. The van der Waals surface area contributed by atoms with Crippen LogP contribution in [0, 0.1) is 6.92 Å². The number of aliphatic hydroxyl groups is 1. The third-order valence-corrected chi connectivity index (χ3v) is 3.37. The molecule has 0 saturated carbocycles. The molecule has 0 aliphatic rings. The van der Waals surface area contributed by atoms with Gasteiger partial charge in [-0.3, -0.25) is 0 Å². The SMILES string of the molecule is Cc1ccc(C(C)O)cc1Nc1ncn(-c2ccccn2)n1. The van der Waals surface area contributed by atoms with Crippen LogP contribution in [0.25, 0.3) is 5.82 Å². The number of rotatable bonds is 4. The molecule has 3 aromatic rings. The van der Waals surface area contributed by atoms with E-state index in [0.717, 1.165) is 16.8 Å². The number of anilines is 2. The molecule has 2 heterocycles. The maximum atomic E-state index is 9.69. The Hall–Kier alpha value is -2.73. The van der Waals surface area contributed by atoms with Gasteiger partial charge >= 0.3 is 0 Å². The quantitative estimate of drug-likeness (QED) is 0.774. The Bertz CT molecular complexity index is 767. The predicted molar refractivity (Wildman–Crippen MR) is 84.2 cm³/mol. The van der Waals surface area contributed by atoms with Gasteiger partial charge in [0.25, 0.3) is 0 Å². The molecular weight excluding hydrogens is 278 g/mol. The van der Waals surface area contributed by atoms with Crippen LogP contribution in [0.4, 0.5) is 11.6 Å². The van der Waals surface area contributed by atoms with Crippen molar-refractivity contribution >= 4 is 11.6 Å². The molecule has 3 rings (SSSR count). The summed E-state index contributed by atoms with van der Waals surface area (Å²) in [7, 11) is 0. The van der Waals surface area contributed by atoms with Crippen LogP contribution < -0.4 is 5.32 Å². The minimum atomic E-state index is -0.514. The van der Waals surface area contributed by atoms with Crippen molar-refractivity contribution in [2.45, 2.75) is 20.0 Å². The first kappa shape index (κ1) is 14.2. The van der Waals surface area contributed by atoms with E-state index in [9.17, 15) is 5.11 Å². The lowest BCUT2D eigenvalue weighted by atomic mass is 10.1. The molecule has 1 atom stereocenters. The first-order chi connectivity index (χ1) is 10.6. The van der Waals surface area contributed by atoms with E-state index >= 15 is 0 Å². The lowest BCUT2D eigenvalue weighted by Crippen LogP contribution is -2.01. The van der Waals surface area contributed by atoms with Gasteiger partial charge in [-0.1, -0.05) is 18.2 Å². The first-order valence-electron chi connectivity index (χ1n) is 7.02. The van der Waals surface area contributed by atoms with Crippen LogP contribution in [-0.4, -0.2) is 24.9 Å². The Morgan fingerprint density at radius 1 is 1.18 bits per heavy atom. The lowest BCUT2D eigenvalue weighted by molar-refractivity contribution is 0.199. The zero-order valence-electron chi connectivity index (χ0n) is 12.4. The second-order valence-corrected chi connectivity index (χ2v) is 5.08. The highest BCUT2D eigenvalue weighted by molar-refractivity contribution is 5.59. The second-order valence-electron chi connectivity index (χ2n) is 5.08. The highest BCUT2D eigenvalue weighted by atomic mass is 16.3. The van der Waals surface area contributed by atoms with Crippen molar-refractivity contribution in [2.24, 2.45) is 0 Å². The number of aromatic nitrogens is 4. The van der Waals surface area contributed by atoms with Gasteiger partial charge in [0.15, 0.2) is 5.82 Å². The summed E-state index contributed by atoms with van der Waals surface area (Å²) < 4.78 is 1.61. The van der Waals surface area contributed by atoms with Gasteiger partial charge in [0.2, 0.25) is 5.95 Å². The van der Waals surface area contributed by atoms with Crippen molar-refractivity contribution in [3.63, 3.8) is 0 Å². The van der Waals surface area contributed by atoms with Crippen LogP contribution in [0.1, 0.15) is 24.2 Å². The Labute approximate surface area is 128 Å². The largest absolute Gasteiger partial charge is 0.389 e. The number of nitrogens with zero attached hydrogens (tertiary/aromatic N) is 4. The fourth-order valence-corrected chi connectivity index (χ4v) is 2.07. The van der Waals surface area contributed by atoms with E-state index in [4.69, 9.17) is 0 Å². The monoisotopic (exact) mass is 295 g/mol.